The minimum atomic E-state index is -0.456. The van der Waals surface area contributed by atoms with Gasteiger partial charge in [-0.1, -0.05) is 6.92 Å². The Morgan fingerprint density at radius 1 is 1.35 bits per heavy atom. The van der Waals surface area contributed by atoms with Crippen molar-refractivity contribution in [1.29, 1.82) is 0 Å². The predicted molar refractivity (Wildman–Crippen MR) is 79.6 cm³/mol. The summed E-state index contributed by atoms with van der Waals surface area (Å²) in [7, 11) is 0. The number of Topliss-reactive ketones (excluding diaryl/α,β-unsaturated/α-hetero) is 1. The Bertz CT molecular complexity index is 537. The number of nitrogens with one attached hydrogen (secondary N) is 1. The van der Waals surface area contributed by atoms with Crippen molar-refractivity contribution in [3.8, 4) is 0 Å². The molecule has 1 aliphatic heterocycles. The van der Waals surface area contributed by atoms with Crippen molar-refractivity contribution in [3.05, 3.63) is 18.4 Å². The molecule has 1 unspecified atom stereocenters. The van der Waals surface area contributed by atoms with E-state index in [2.05, 4.69) is 10.3 Å². The zero-order valence-corrected chi connectivity index (χ0v) is 13.1. The molecule has 0 saturated carbocycles. The Hall–Kier alpha value is -2.22. The molecule has 8 nitrogen and oxygen atoms in total. The fourth-order valence-corrected chi connectivity index (χ4v) is 2.32. The normalized spacial score (nSPS) is 16.0. The first-order chi connectivity index (χ1) is 11.1. The number of ketones is 1. The second kappa shape index (κ2) is 8.42. The van der Waals surface area contributed by atoms with Gasteiger partial charge in [0, 0.05) is 25.4 Å². The third-order valence-corrected chi connectivity index (χ3v) is 3.74. The zero-order chi connectivity index (χ0) is 16.7. The number of aromatic nitrogens is 1. The summed E-state index contributed by atoms with van der Waals surface area (Å²) < 4.78 is 10.1. The average molecular weight is 323 g/mol. The standard InChI is InChI=1S/C15H21N3O5/c1-2-11(9-13(20)18-4-7-22-8-5-18)14(21)17-10-12(19)15-16-3-6-23-15/h3,6,11H,2,4-5,7-10H2,1H3,(H,17,21). The van der Waals surface area contributed by atoms with E-state index in [9.17, 15) is 14.4 Å². The lowest BCUT2D eigenvalue weighted by atomic mass is 10.0. The van der Waals surface area contributed by atoms with Crippen LogP contribution in [0.5, 0.6) is 0 Å². The van der Waals surface area contributed by atoms with Crippen molar-refractivity contribution < 1.29 is 23.5 Å². The molecule has 0 aliphatic carbocycles. The first-order valence-electron chi connectivity index (χ1n) is 7.67. The fraction of sp³-hybridized carbons (Fsp3) is 0.600. The topological polar surface area (TPSA) is 102 Å². The molecule has 2 heterocycles. The summed E-state index contributed by atoms with van der Waals surface area (Å²) >= 11 is 0. The number of carbonyl (C=O) groups is 3. The molecule has 8 heteroatoms. The first-order valence-corrected chi connectivity index (χ1v) is 7.67. The number of morpholine rings is 1. The van der Waals surface area contributed by atoms with E-state index in [4.69, 9.17) is 9.15 Å². The van der Waals surface area contributed by atoms with Crippen molar-refractivity contribution in [2.45, 2.75) is 19.8 Å². The number of rotatable bonds is 7. The number of amides is 2. The number of oxazole rings is 1. The molecule has 1 aromatic rings. The van der Waals surface area contributed by atoms with Gasteiger partial charge in [-0.25, -0.2) is 4.98 Å². The Balaban J connectivity index is 1.80. The molecule has 2 amide bonds. The lowest BCUT2D eigenvalue weighted by Gasteiger charge is -2.28. The maximum Gasteiger partial charge on any atom is 0.264 e. The third kappa shape index (κ3) is 4.88. The highest BCUT2D eigenvalue weighted by Gasteiger charge is 2.25. The van der Waals surface area contributed by atoms with Crippen molar-refractivity contribution in [2.24, 2.45) is 5.92 Å². The van der Waals surface area contributed by atoms with Crippen LogP contribution in [0.15, 0.2) is 16.9 Å². The SMILES string of the molecule is CCC(CC(=O)N1CCOCC1)C(=O)NCC(=O)c1ncco1. The molecule has 2 rings (SSSR count). The van der Waals surface area contributed by atoms with E-state index in [1.54, 1.807) is 4.90 Å². The quantitative estimate of drug-likeness (QED) is 0.722. The number of nitrogens with zero attached hydrogens (tertiary/aromatic N) is 2. The minimum Gasteiger partial charge on any atom is -0.442 e. The van der Waals surface area contributed by atoms with Crippen LogP contribution in [0.4, 0.5) is 0 Å². The van der Waals surface area contributed by atoms with Gasteiger partial charge >= 0.3 is 0 Å². The van der Waals surface area contributed by atoms with Crippen LogP contribution < -0.4 is 5.32 Å². The van der Waals surface area contributed by atoms with Gasteiger partial charge in [0.2, 0.25) is 17.6 Å². The van der Waals surface area contributed by atoms with Crippen LogP contribution in [0.1, 0.15) is 30.5 Å². The molecule has 1 aliphatic rings. The summed E-state index contributed by atoms with van der Waals surface area (Å²) in [4.78, 5) is 41.5. The molecule has 0 radical (unpaired) electrons. The van der Waals surface area contributed by atoms with E-state index in [0.29, 0.717) is 32.7 Å². The lowest BCUT2D eigenvalue weighted by molar-refractivity contribution is -0.139. The zero-order valence-electron chi connectivity index (χ0n) is 13.1. The van der Waals surface area contributed by atoms with Gasteiger partial charge in [0.25, 0.3) is 5.89 Å². The van der Waals surface area contributed by atoms with Crippen molar-refractivity contribution >= 4 is 17.6 Å². The molecule has 0 spiro atoms. The van der Waals surface area contributed by atoms with E-state index in [-0.39, 0.29) is 30.7 Å². The lowest BCUT2D eigenvalue weighted by Crippen LogP contribution is -2.43. The number of hydrogen-bond donors (Lipinski definition) is 1. The van der Waals surface area contributed by atoms with E-state index >= 15 is 0 Å². The highest BCUT2D eigenvalue weighted by Crippen LogP contribution is 2.12. The van der Waals surface area contributed by atoms with Crippen LogP contribution in [0, 0.1) is 5.92 Å². The van der Waals surface area contributed by atoms with E-state index in [0.717, 1.165) is 0 Å². The Labute approximate surface area is 134 Å². The summed E-state index contributed by atoms with van der Waals surface area (Å²) in [6, 6.07) is 0. The Kier molecular flexibility index (Phi) is 6.28. The van der Waals surface area contributed by atoms with Crippen molar-refractivity contribution in [2.75, 3.05) is 32.8 Å². The van der Waals surface area contributed by atoms with Gasteiger partial charge in [0.15, 0.2) is 0 Å². The molecular weight excluding hydrogens is 302 g/mol. The molecular formula is C15H21N3O5. The van der Waals surface area contributed by atoms with Crippen LogP contribution in [-0.4, -0.2) is 60.3 Å². The summed E-state index contributed by atoms with van der Waals surface area (Å²) in [6.45, 7) is 3.81. The van der Waals surface area contributed by atoms with Crippen LogP contribution in [0.3, 0.4) is 0 Å². The van der Waals surface area contributed by atoms with Crippen LogP contribution in [0.2, 0.25) is 0 Å². The van der Waals surface area contributed by atoms with E-state index in [1.165, 1.54) is 12.5 Å². The Morgan fingerprint density at radius 3 is 2.70 bits per heavy atom. The molecule has 1 N–H and O–H groups in total. The highest BCUT2D eigenvalue weighted by atomic mass is 16.5. The summed E-state index contributed by atoms with van der Waals surface area (Å²) in [5.74, 6) is -1.27. The smallest absolute Gasteiger partial charge is 0.264 e. The molecule has 1 atom stereocenters. The number of carbonyl (C=O) groups excluding carboxylic acids is 3. The summed E-state index contributed by atoms with van der Waals surface area (Å²) in [6.07, 6.45) is 3.32. The van der Waals surface area contributed by atoms with Crippen molar-refractivity contribution in [3.63, 3.8) is 0 Å². The highest BCUT2D eigenvalue weighted by molar-refractivity contribution is 5.96. The molecule has 23 heavy (non-hydrogen) atoms. The molecule has 1 aromatic heterocycles. The van der Waals surface area contributed by atoms with Gasteiger partial charge in [-0.15, -0.1) is 0 Å². The monoisotopic (exact) mass is 323 g/mol. The van der Waals surface area contributed by atoms with Crippen molar-refractivity contribution in [1.82, 2.24) is 15.2 Å². The Morgan fingerprint density at radius 2 is 2.09 bits per heavy atom. The van der Waals surface area contributed by atoms with Gasteiger partial charge in [-0.3, -0.25) is 14.4 Å². The minimum absolute atomic E-state index is 0.0391. The summed E-state index contributed by atoms with van der Waals surface area (Å²) in [5.41, 5.74) is 0. The second-order valence-electron chi connectivity index (χ2n) is 5.28. The predicted octanol–water partition coefficient (Wildman–Crippen LogP) is 0.249. The molecule has 1 fully saturated rings. The van der Waals surface area contributed by atoms with E-state index in [1.807, 2.05) is 6.92 Å². The van der Waals surface area contributed by atoms with Gasteiger partial charge in [0.1, 0.15) is 6.26 Å². The maximum absolute atomic E-state index is 12.2. The van der Waals surface area contributed by atoms with E-state index < -0.39 is 11.7 Å². The van der Waals surface area contributed by atoms with Crippen LogP contribution in [0.25, 0.3) is 0 Å². The number of hydrogen-bond acceptors (Lipinski definition) is 6. The number of ether oxygens (including phenoxy) is 1. The van der Waals surface area contributed by atoms with Gasteiger partial charge in [0.05, 0.1) is 26.0 Å². The third-order valence-electron chi connectivity index (χ3n) is 3.74. The molecule has 1 saturated heterocycles. The first kappa shape index (κ1) is 17.1. The summed E-state index contributed by atoms with van der Waals surface area (Å²) in [5, 5.41) is 2.55. The van der Waals surface area contributed by atoms with Crippen LogP contribution >= 0.6 is 0 Å². The molecule has 0 aromatic carbocycles. The largest absolute Gasteiger partial charge is 0.442 e. The second-order valence-corrected chi connectivity index (χ2v) is 5.28. The van der Waals surface area contributed by atoms with Gasteiger partial charge < -0.3 is 19.4 Å². The molecule has 126 valence electrons. The van der Waals surface area contributed by atoms with Gasteiger partial charge in [-0.05, 0) is 6.42 Å². The molecule has 0 bridgehead atoms. The van der Waals surface area contributed by atoms with Crippen LogP contribution in [-0.2, 0) is 14.3 Å². The maximum atomic E-state index is 12.2. The average Bonchev–Trinajstić information content (AvgIpc) is 3.12. The fourth-order valence-electron chi connectivity index (χ4n) is 2.32. The van der Waals surface area contributed by atoms with Gasteiger partial charge in [-0.2, -0.15) is 0 Å².